The second-order valence-corrected chi connectivity index (χ2v) is 3.68. The van der Waals surface area contributed by atoms with Crippen molar-refractivity contribution in [3.05, 3.63) is 11.8 Å². The summed E-state index contributed by atoms with van der Waals surface area (Å²) in [6.45, 7) is 5.08. The lowest BCUT2D eigenvalue weighted by molar-refractivity contribution is -0.116. The molecule has 1 aromatic rings. The topological polar surface area (TPSA) is 58.1 Å². The fourth-order valence-corrected chi connectivity index (χ4v) is 1.73. The molecule has 0 bridgehead atoms. The minimum Gasteiger partial charge on any atom is -0.382 e. The summed E-state index contributed by atoms with van der Waals surface area (Å²) in [4.78, 5) is 13.1. The van der Waals surface area contributed by atoms with Gasteiger partial charge in [0.1, 0.15) is 0 Å². The molecule has 1 aromatic heterocycles. The second kappa shape index (κ2) is 3.84. The van der Waals surface area contributed by atoms with Gasteiger partial charge in [-0.2, -0.15) is 5.10 Å². The van der Waals surface area contributed by atoms with Crippen LogP contribution in [0, 0.1) is 6.92 Å². The van der Waals surface area contributed by atoms with Crippen molar-refractivity contribution in [2.24, 2.45) is 0 Å². The lowest BCUT2D eigenvalue weighted by atomic mass is 10.2. The average molecular weight is 206 g/mol. The zero-order chi connectivity index (χ0) is 10.8. The molecule has 2 heterocycles. The van der Waals surface area contributed by atoms with Gasteiger partial charge in [-0.1, -0.05) is 0 Å². The van der Waals surface area contributed by atoms with E-state index in [1.807, 2.05) is 6.92 Å². The highest BCUT2D eigenvalue weighted by Crippen LogP contribution is 2.27. The van der Waals surface area contributed by atoms with Crippen LogP contribution >= 0.6 is 0 Å². The largest absolute Gasteiger partial charge is 0.382 e. The van der Waals surface area contributed by atoms with E-state index < -0.39 is 0 Å². The van der Waals surface area contributed by atoms with Crippen LogP contribution in [0.15, 0.2) is 6.20 Å². The molecule has 5 nitrogen and oxygen atoms in total. The van der Waals surface area contributed by atoms with Crippen molar-refractivity contribution in [2.45, 2.75) is 20.3 Å². The number of nitrogens with one attached hydrogen (secondary N) is 1. The number of carbonyl (C=O) groups excluding carboxylic acids is 1. The highest BCUT2D eigenvalue weighted by atomic mass is 16.2. The van der Waals surface area contributed by atoms with E-state index in [0.29, 0.717) is 12.4 Å². The molecule has 0 aliphatic carbocycles. The summed E-state index contributed by atoms with van der Waals surface area (Å²) in [5.41, 5.74) is 1.95. The lowest BCUT2D eigenvalue weighted by Gasteiger charge is -2.19. The van der Waals surface area contributed by atoms with Crippen LogP contribution in [0.3, 0.4) is 0 Å². The van der Waals surface area contributed by atoms with Gasteiger partial charge in [0.05, 0.1) is 11.9 Å². The van der Waals surface area contributed by atoms with E-state index in [2.05, 4.69) is 15.5 Å². The molecule has 0 unspecified atom stereocenters. The molecule has 15 heavy (non-hydrogen) atoms. The molecule has 0 aromatic carbocycles. The van der Waals surface area contributed by atoms with Crippen molar-refractivity contribution >= 4 is 17.4 Å². The van der Waals surface area contributed by atoms with E-state index in [1.54, 1.807) is 18.0 Å². The van der Waals surface area contributed by atoms with Gasteiger partial charge in [-0.05, 0) is 18.9 Å². The maximum absolute atomic E-state index is 11.5. The van der Waals surface area contributed by atoms with Crippen molar-refractivity contribution in [3.63, 3.8) is 0 Å². The Morgan fingerprint density at radius 1 is 1.60 bits per heavy atom. The van der Waals surface area contributed by atoms with Crippen LogP contribution in [0.1, 0.15) is 18.9 Å². The number of hydrogen-bond acceptors (Lipinski definition) is 4. The van der Waals surface area contributed by atoms with Crippen LogP contribution in [0.2, 0.25) is 0 Å². The van der Waals surface area contributed by atoms with Gasteiger partial charge in [0, 0.05) is 20.0 Å². The number of aromatic nitrogens is 2. The maximum Gasteiger partial charge on any atom is 0.225 e. The first-order valence-electron chi connectivity index (χ1n) is 5.04. The predicted octanol–water partition coefficient (Wildman–Crippen LogP) is 0.954. The molecule has 0 saturated carbocycles. The van der Waals surface area contributed by atoms with Crippen LogP contribution in [0.5, 0.6) is 0 Å². The molecule has 0 spiro atoms. The molecule has 0 saturated heterocycles. The Bertz CT molecular complexity index is 391. The number of hydrogen-bond donors (Lipinski definition) is 1. The van der Waals surface area contributed by atoms with Crippen molar-refractivity contribution in [3.8, 4) is 0 Å². The molecule has 0 radical (unpaired) electrons. The van der Waals surface area contributed by atoms with Gasteiger partial charge < -0.3 is 5.32 Å². The van der Waals surface area contributed by atoms with Crippen molar-refractivity contribution in [1.82, 2.24) is 10.2 Å². The van der Waals surface area contributed by atoms with Gasteiger partial charge in [-0.15, -0.1) is 5.10 Å². The third-order valence-corrected chi connectivity index (χ3v) is 2.52. The summed E-state index contributed by atoms with van der Waals surface area (Å²) in [7, 11) is 0. The average Bonchev–Trinajstić information content (AvgIpc) is 2.40. The summed E-state index contributed by atoms with van der Waals surface area (Å²) < 4.78 is 0. The van der Waals surface area contributed by atoms with E-state index >= 15 is 0 Å². The molecule has 5 heteroatoms. The number of rotatable bonds is 0. The quantitative estimate of drug-likeness (QED) is 0.686. The fraction of sp³-hybridized carbons (Fsp3) is 0.500. The fourth-order valence-electron chi connectivity index (χ4n) is 1.73. The normalized spacial score (nSPS) is 15.2. The van der Waals surface area contributed by atoms with Gasteiger partial charge in [0.2, 0.25) is 5.91 Å². The van der Waals surface area contributed by atoms with E-state index in [4.69, 9.17) is 0 Å². The molecule has 1 amide bonds. The van der Waals surface area contributed by atoms with Gasteiger partial charge >= 0.3 is 0 Å². The van der Waals surface area contributed by atoms with Crippen molar-refractivity contribution in [2.75, 3.05) is 23.3 Å². The first-order valence-corrected chi connectivity index (χ1v) is 5.04. The zero-order valence-corrected chi connectivity index (χ0v) is 8.95. The third-order valence-electron chi connectivity index (χ3n) is 2.52. The SMILES string of the molecule is CC(=O)N1CCCNc2c(C)cnnc21. The Kier molecular flexibility index (Phi) is 2.53. The van der Waals surface area contributed by atoms with Crippen LogP contribution in [-0.4, -0.2) is 29.2 Å². The second-order valence-electron chi connectivity index (χ2n) is 3.68. The minimum absolute atomic E-state index is 0.0138. The van der Waals surface area contributed by atoms with Crippen molar-refractivity contribution < 1.29 is 4.79 Å². The summed E-state index contributed by atoms with van der Waals surface area (Å²) in [6, 6.07) is 0. The van der Waals surface area contributed by atoms with Crippen LogP contribution < -0.4 is 10.2 Å². The first-order chi connectivity index (χ1) is 7.20. The summed E-state index contributed by atoms with van der Waals surface area (Å²) >= 11 is 0. The Labute approximate surface area is 88.5 Å². The highest BCUT2D eigenvalue weighted by Gasteiger charge is 2.21. The monoisotopic (exact) mass is 206 g/mol. The molecule has 1 aliphatic heterocycles. The Morgan fingerprint density at radius 2 is 2.40 bits per heavy atom. The minimum atomic E-state index is 0.0138. The summed E-state index contributed by atoms with van der Waals surface area (Å²) in [5, 5.41) is 11.2. The molecule has 1 N–H and O–H groups in total. The van der Waals surface area contributed by atoms with Crippen LogP contribution in [-0.2, 0) is 4.79 Å². The van der Waals surface area contributed by atoms with Gasteiger partial charge in [0.15, 0.2) is 5.82 Å². The molecular weight excluding hydrogens is 192 g/mol. The van der Waals surface area contributed by atoms with Crippen LogP contribution in [0.4, 0.5) is 11.5 Å². The molecule has 1 aliphatic rings. The standard InChI is InChI=1S/C10H14N4O/c1-7-6-12-13-10-9(7)11-4-3-5-14(10)8(2)15/h6,11H,3-5H2,1-2H3. The third kappa shape index (κ3) is 1.77. The predicted molar refractivity (Wildman–Crippen MR) is 57.9 cm³/mol. The van der Waals surface area contributed by atoms with E-state index in [-0.39, 0.29) is 5.91 Å². The number of anilines is 2. The summed E-state index contributed by atoms with van der Waals surface area (Å²) in [6.07, 6.45) is 2.63. The van der Waals surface area contributed by atoms with E-state index in [9.17, 15) is 4.79 Å². The Morgan fingerprint density at radius 3 is 3.13 bits per heavy atom. The summed E-state index contributed by atoms with van der Waals surface area (Å²) in [5.74, 6) is 0.667. The van der Waals surface area contributed by atoms with E-state index in [1.165, 1.54) is 0 Å². The molecule has 0 atom stereocenters. The Hall–Kier alpha value is -1.65. The number of amides is 1. The number of aryl methyl sites for hydroxylation is 1. The zero-order valence-electron chi connectivity index (χ0n) is 8.95. The number of carbonyl (C=O) groups is 1. The molecule has 80 valence electrons. The highest BCUT2D eigenvalue weighted by molar-refractivity contribution is 5.94. The van der Waals surface area contributed by atoms with Crippen molar-refractivity contribution in [1.29, 1.82) is 0 Å². The van der Waals surface area contributed by atoms with E-state index in [0.717, 1.165) is 24.2 Å². The van der Waals surface area contributed by atoms with Gasteiger partial charge in [-0.25, -0.2) is 0 Å². The molecule has 0 fully saturated rings. The molecular formula is C10H14N4O. The number of nitrogens with zero attached hydrogens (tertiary/aromatic N) is 3. The van der Waals surface area contributed by atoms with Crippen LogP contribution in [0.25, 0.3) is 0 Å². The first kappa shape index (κ1) is 9.89. The van der Waals surface area contributed by atoms with Gasteiger partial charge in [0.25, 0.3) is 0 Å². The Balaban J connectivity index is 2.49. The van der Waals surface area contributed by atoms with Gasteiger partial charge in [-0.3, -0.25) is 9.69 Å². The smallest absolute Gasteiger partial charge is 0.225 e. The molecule has 2 rings (SSSR count). The lowest BCUT2D eigenvalue weighted by Crippen LogP contribution is -2.30. The maximum atomic E-state index is 11.5. The number of fused-ring (bicyclic) bond motifs is 1.